The third-order valence-electron chi connectivity index (χ3n) is 2.78. The van der Waals surface area contributed by atoms with Gasteiger partial charge >= 0.3 is 5.97 Å². The van der Waals surface area contributed by atoms with Crippen LogP contribution in [0.15, 0.2) is 12.3 Å². The van der Waals surface area contributed by atoms with Gasteiger partial charge < -0.3 is 10.1 Å². The quantitative estimate of drug-likeness (QED) is 0.758. The van der Waals surface area contributed by atoms with Crippen LogP contribution in [0.2, 0.25) is 0 Å². The molecule has 1 saturated heterocycles. The SMILES string of the molecule is CC(C)(C)OC(=O)C1CC(c2ccn[nH]2)CN1. The average Bonchev–Trinajstić information content (AvgIpc) is 2.86. The fourth-order valence-corrected chi connectivity index (χ4v) is 2.02. The van der Waals surface area contributed by atoms with Crippen LogP contribution in [0, 0.1) is 0 Å². The molecule has 94 valence electrons. The summed E-state index contributed by atoms with van der Waals surface area (Å²) in [6, 6.07) is 1.74. The molecule has 0 saturated carbocycles. The van der Waals surface area contributed by atoms with Gasteiger partial charge in [-0.3, -0.25) is 9.89 Å². The number of hydrogen-bond acceptors (Lipinski definition) is 4. The average molecular weight is 237 g/mol. The third-order valence-corrected chi connectivity index (χ3v) is 2.78. The van der Waals surface area contributed by atoms with E-state index in [0.29, 0.717) is 5.92 Å². The van der Waals surface area contributed by atoms with Gasteiger partial charge in [0.15, 0.2) is 0 Å². The van der Waals surface area contributed by atoms with E-state index in [4.69, 9.17) is 4.74 Å². The van der Waals surface area contributed by atoms with Crippen LogP contribution in [0.1, 0.15) is 38.8 Å². The Balaban J connectivity index is 1.92. The minimum absolute atomic E-state index is 0.167. The van der Waals surface area contributed by atoms with Gasteiger partial charge in [-0.05, 0) is 33.3 Å². The Hall–Kier alpha value is -1.36. The third kappa shape index (κ3) is 3.06. The largest absolute Gasteiger partial charge is 0.459 e. The van der Waals surface area contributed by atoms with Crippen molar-refractivity contribution in [3.8, 4) is 0 Å². The molecule has 5 nitrogen and oxygen atoms in total. The molecule has 0 bridgehead atoms. The van der Waals surface area contributed by atoms with Crippen molar-refractivity contribution in [2.75, 3.05) is 6.54 Å². The van der Waals surface area contributed by atoms with Crippen molar-refractivity contribution in [2.45, 2.75) is 44.8 Å². The molecule has 0 aromatic carbocycles. The van der Waals surface area contributed by atoms with Crippen LogP contribution in [0.3, 0.4) is 0 Å². The highest BCUT2D eigenvalue weighted by atomic mass is 16.6. The van der Waals surface area contributed by atoms with Crippen molar-refractivity contribution in [1.82, 2.24) is 15.5 Å². The molecule has 2 rings (SSSR count). The lowest BCUT2D eigenvalue weighted by Gasteiger charge is -2.22. The number of H-pyrrole nitrogens is 1. The number of ether oxygens (including phenoxy) is 1. The molecule has 1 aliphatic heterocycles. The number of rotatable bonds is 2. The predicted octanol–water partition coefficient (Wildman–Crippen LogP) is 1.20. The summed E-state index contributed by atoms with van der Waals surface area (Å²) >= 11 is 0. The first-order chi connectivity index (χ1) is 7.96. The molecule has 0 amide bonds. The van der Waals surface area contributed by atoms with E-state index in [1.165, 1.54) is 0 Å². The number of aromatic nitrogens is 2. The Morgan fingerprint density at radius 1 is 1.53 bits per heavy atom. The maximum absolute atomic E-state index is 11.9. The predicted molar refractivity (Wildman–Crippen MR) is 63.6 cm³/mol. The van der Waals surface area contributed by atoms with Crippen LogP contribution < -0.4 is 5.32 Å². The lowest BCUT2D eigenvalue weighted by atomic mass is 10.0. The first-order valence-corrected chi connectivity index (χ1v) is 5.91. The van der Waals surface area contributed by atoms with E-state index in [2.05, 4.69) is 15.5 Å². The van der Waals surface area contributed by atoms with Gasteiger partial charge in [-0.25, -0.2) is 0 Å². The monoisotopic (exact) mass is 237 g/mol. The van der Waals surface area contributed by atoms with Gasteiger partial charge in [0.25, 0.3) is 0 Å². The maximum atomic E-state index is 11.9. The summed E-state index contributed by atoms with van der Waals surface area (Å²) < 4.78 is 5.36. The number of carbonyl (C=O) groups is 1. The van der Waals surface area contributed by atoms with Gasteiger partial charge in [-0.2, -0.15) is 5.10 Å². The Morgan fingerprint density at radius 2 is 2.29 bits per heavy atom. The van der Waals surface area contributed by atoms with Crippen molar-refractivity contribution >= 4 is 5.97 Å². The smallest absolute Gasteiger partial charge is 0.323 e. The highest BCUT2D eigenvalue weighted by Crippen LogP contribution is 2.25. The maximum Gasteiger partial charge on any atom is 0.323 e. The summed E-state index contributed by atoms with van der Waals surface area (Å²) in [5.41, 5.74) is 0.647. The molecule has 0 spiro atoms. The van der Waals surface area contributed by atoms with E-state index < -0.39 is 5.60 Å². The van der Waals surface area contributed by atoms with E-state index in [1.54, 1.807) is 6.20 Å². The van der Waals surface area contributed by atoms with E-state index in [9.17, 15) is 4.79 Å². The molecule has 5 heteroatoms. The normalized spacial score (nSPS) is 24.9. The van der Waals surface area contributed by atoms with Crippen LogP contribution in [-0.4, -0.2) is 34.4 Å². The second-order valence-corrected chi connectivity index (χ2v) is 5.44. The number of nitrogens with one attached hydrogen (secondary N) is 2. The first-order valence-electron chi connectivity index (χ1n) is 5.91. The van der Waals surface area contributed by atoms with Crippen molar-refractivity contribution in [3.05, 3.63) is 18.0 Å². The molecule has 1 aromatic rings. The minimum atomic E-state index is -0.426. The molecule has 1 fully saturated rings. The lowest BCUT2D eigenvalue weighted by molar-refractivity contribution is -0.157. The van der Waals surface area contributed by atoms with Crippen molar-refractivity contribution in [2.24, 2.45) is 0 Å². The van der Waals surface area contributed by atoms with Crippen LogP contribution in [0.5, 0.6) is 0 Å². The standard InChI is InChI=1S/C12H19N3O2/c1-12(2,3)17-11(16)10-6-8(7-13-10)9-4-5-14-15-9/h4-5,8,10,13H,6-7H2,1-3H3,(H,14,15). The first kappa shape index (κ1) is 12.1. The molecular weight excluding hydrogens is 218 g/mol. The Morgan fingerprint density at radius 3 is 2.88 bits per heavy atom. The minimum Gasteiger partial charge on any atom is -0.459 e. The van der Waals surface area contributed by atoms with Crippen LogP contribution >= 0.6 is 0 Å². The summed E-state index contributed by atoms with van der Waals surface area (Å²) in [6.45, 7) is 6.43. The van der Waals surface area contributed by atoms with Crippen molar-refractivity contribution < 1.29 is 9.53 Å². The Labute approximate surface area is 101 Å². The summed E-state index contributed by atoms with van der Waals surface area (Å²) in [5, 5.41) is 10.1. The number of nitrogens with zero attached hydrogens (tertiary/aromatic N) is 1. The van der Waals surface area contributed by atoms with Gasteiger partial charge in [0, 0.05) is 24.4 Å². The van der Waals surface area contributed by atoms with Crippen LogP contribution in [0.25, 0.3) is 0 Å². The van der Waals surface area contributed by atoms with E-state index in [0.717, 1.165) is 18.7 Å². The van der Waals surface area contributed by atoms with Crippen LogP contribution in [-0.2, 0) is 9.53 Å². The van der Waals surface area contributed by atoms with Crippen LogP contribution in [0.4, 0.5) is 0 Å². The van der Waals surface area contributed by atoms with Gasteiger partial charge in [0.05, 0.1) is 0 Å². The van der Waals surface area contributed by atoms with Gasteiger partial charge in [-0.15, -0.1) is 0 Å². The van der Waals surface area contributed by atoms with E-state index in [1.807, 2.05) is 26.8 Å². The molecular formula is C12H19N3O2. The molecule has 17 heavy (non-hydrogen) atoms. The van der Waals surface area contributed by atoms with Gasteiger partial charge in [0.2, 0.25) is 0 Å². The number of carbonyl (C=O) groups excluding carboxylic acids is 1. The second kappa shape index (κ2) is 4.49. The molecule has 2 atom stereocenters. The van der Waals surface area contributed by atoms with E-state index in [-0.39, 0.29) is 12.0 Å². The highest BCUT2D eigenvalue weighted by Gasteiger charge is 2.33. The summed E-state index contributed by atoms with van der Waals surface area (Å²) in [7, 11) is 0. The van der Waals surface area contributed by atoms with E-state index >= 15 is 0 Å². The van der Waals surface area contributed by atoms with Crippen molar-refractivity contribution in [1.29, 1.82) is 0 Å². The molecule has 1 aromatic heterocycles. The number of aromatic amines is 1. The topological polar surface area (TPSA) is 67.0 Å². The lowest BCUT2D eigenvalue weighted by Crippen LogP contribution is -2.37. The highest BCUT2D eigenvalue weighted by molar-refractivity contribution is 5.76. The fourth-order valence-electron chi connectivity index (χ4n) is 2.02. The number of hydrogen-bond donors (Lipinski definition) is 2. The second-order valence-electron chi connectivity index (χ2n) is 5.44. The van der Waals surface area contributed by atoms with Gasteiger partial charge in [-0.1, -0.05) is 0 Å². The summed E-state index contributed by atoms with van der Waals surface area (Å²) in [4.78, 5) is 11.9. The number of esters is 1. The molecule has 2 heterocycles. The zero-order valence-corrected chi connectivity index (χ0v) is 10.5. The molecule has 2 N–H and O–H groups in total. The molecule has 0 radical (unpaired) electrons. The van der Waals surface area contributed by atoms with Gasteiger partial charge in [0.1, 0.15) is 11.6 Å². The Bertz CT molecular complexity index is 381. The fraction of sp³-hybridized carbons (Fsp3) is 0.667. The summed E-state index contributed by atoms with van der Waals surface area (Å²) in [5.74, 6) is 0.148. The molecule has 2 unspecified atom stereocenters. The Kier molecular flexibility index (Phi) is 3.19. The molecule has 0 aliphatic carbocycles. The zero-order valence-electron chi connectivity index (χ0n) is 10.5. The zero-order chi connectivity index (χ0) is 12.5. The van der Waals surface area contributed by atoms with Crippen molar-refractivity contribution in [3.63, 3.8) is 0 Å². The molecule has 1 aliphatic rings. The summed E-state index contributed by atoms with van der Waals surface area (Å²) in [6.07, 6.45) is 2.49.